The predicted octanol–water partition coefficient (Wildman–Crippen LogP) is 2.74. The van der Waals surface area contributed by atoms with Crippen LogP contribution in [0.5, 0.6) is 0 Å². The molecule has 0 aromatic heterocycles. The zero-order chi connectivity index (χ0) is 13.0. The first-order valence-corrected chi connectivity index (χ1v) is 7.07. The summed E-state index contributed by atoms with van der Waals surface area (Å²) in [5.41, 5.74) is 0.783. The topological polar surface area (TPSA) is 29.5 Å². The molecule has 3 nitrogen and oxygen atoms in total. The van der Waals surface area contributed by atoms with Crippen LogP contribution in [0.4, 0.5) is 0 Å². The summed E-state index contributed by atoms with van der Waals surface area (Å²) in [6, 6.07) is 7.58. The van der Waals surface area contributed by atoms with Crippen molar-refractivity contribution in [1.82, 2.24) is 4.90 Å². The van der Waals surface area contributed by atoms with Gasteiger partial charge in [-0.05, 0) is 19.1 Å². The minimum Gasteiger partial charge on any atom is -0.376 e. The molecule has 1 aliphatic heterocycles. The Morgan fingerprint density at radius 2 is 2.39 bits per heavy atom. The molecule has 98 valence electrons. The van der Waals surface area contributed by atoms with E-state index < -0.39 is 0 Å². The largest absolute Gasteiger partial charge is 0.376 e. The van der Waals surface area contributed by atoms with Gasteiger partial charge in [0.25, 0.3) is 0 Å². The minimum absolute atomic E-state index is 0.204. The van der Waals surface area contributed by atoms with E-state index in [1.54, 1.807) is 0 Å². The first-order valence-electron chi connectivity index (χ1n) is 6.28. The van der Waals surface area contributed by atoms with Crippen LogP contribution < -0.4 is 0 Å². The van der Waals surface area contributed by atoms with Crippen LogP contribution in [0.25, 0.3) is 0 Å². The van der Waals surface area contributed by atoms with Crippen LogP contribution in [-0.2, 0) is 4.74 Å². The van der Waals surface area contributed by atoms with Gasteiger partial charge in [0.15, 0.2) is 5.78 Å². The predicted molar refractivity (Wildman–Crippen MR) is 74.9 cm³/mol. The van der Waals surface area contributed by atoms with Gasteiger partial charge in [0.05, 0.1) is 12.7 Å². The molecule has 1 aromatic carbocycles. The average Bonchev–Trinajstić information content (AvgIpc) is 2.36. The first-order chi connectivity index (χ1) is 8.65. The fourth-order valence-electron chi connectivity index (χ4n) is 2.16. The van der Waals surface area contributed by atoms with E-state index in [0.29, 0.717) is 6.42 Å². The Hall–Kier alpha value is -0.710. The number of rotatable bonds is 4. The lowest BCUT2D eigenvalue weighted by molar-refractivity contribution is -0.0180. The molecule has 1 saturated heterocycles. The van der Waals surface area contributed by atoms with Crippen LogP contribution in [-0.4, -0.2) is 43.0 Å². The highest BCUT2D eigenvalue weighted by atomic mass is 79.9. The minimum atomic E-state index is 0.204. The fraction of sp³-hybridized carbons (Fsp3) is 0.500. The van der Waals surface area contributed by atoms with Crippen molar-refractivity contribution in [1.29, 1.82) is 0 Å². The lowest BCUT2D eigenvalue weighted by atomic mass is 10.1. The van der Waals surface area contributed by atoms with Crippen molar-refractivity contribution in [3.8, 4) is 0 Å². The number of ketones is 1. The molecule has 0 aliphatic carbocycles. The van der Waals surface area contributed by atoms with Gasteiger partial charge in [0.1, 0.15) is 0 Å². The second-order valence-electron chi connectivity index (χ2n) is 4.67. The number of carbonyl (C=O) groups is 1. The number of morpholine rings is 1. The van der Waals surface area contributed by atoms with Crippen molar-refractivity contribution in [3.63, 3.8) is 0 Å². The third-order valence-electron chi connectivity index (χ3n) is 3.13. The number of ether oxygens (including phenoxy) is 1. The number of hydrogen-bond donors (Lipinski definition) is 0. The maximum Gasteiger partial charge on any atom is 0.164 e. The van der Waals surface area contributed by atoms with Gasteiger partial charge < -0.3 is 4.74 Å². The van der Waals surface area contributed by atoms with E-state index in [1.807, 2.05) is 24.3 Å². The van der Waals surface area contributed by atoms with Crippen molar-refractivity contribution >= 4 is 21.7 Å². The molecule has 4 heteroatoms. The molecule has 2 rings (SSSR count). The summed E-state index contributed by atoms with van der Waals surface area (Å²) in [6.07, 6.45) is 0.850. The number of halogens is 1. The van der Waals surface area contributed by atoms with E-state index >= 15 is 0 Å². The monoisotopic (exact) mass is 311 g/mol. The van der Waals surface area contributed by atoms with E-state index in [9.17, 15) is 4.79 Å². The van der Waals surface area contributed by atoms with E-state index in [-0.39, 0.29) is 11.9 Å². The van der Waals surface area contributed by atoms with Crippen molar-refractivity contribution < 1.29 is 9.53 Å². The molecule has 0 spiro atoms. The molecule has 0 bridgehead atoms. The van der Waals surface area contributed by atoms with Crippen molar-refractivity contribution in [2.24, 2.45) is 0 Å². The van der Waals surface area contributed by atoms with Gasteiger partial charge in [0.2, 0.25) is 0 Å². The average molecular weight is 312 g/mol. The van der Waals surface area contributed by atoms with Gasteiger partial charge in [-0.3, -0.25) is 9.69 Å². The zero-order valence-electron chi connectivity index (χ0n) is 10.6. The molecular weight excluding hydrogens is 294 g/mol. The summed E-state index contributed by atoms with van der Waals surface area (Å²) in [5.74, 6) is 0.204. The Kier molecular flexibility index (Phi) is 4.92. The van der Waals surface area contributed by atoms with E-state index in [1.165, 1.54) is 0 Å². The molecule has 0 amide bonds. The van der Waals surface area contributed by atoms with Gasteiger partial charge in [-0.1, -0.05) is 28.1 Å². The molecule has 1 fully saturated rings. The van der Waals surface area contributed by atoms with E-state index in [4.69, 9.17) is 4.74 Å². The Labute approximate surface area is 116 Å². The molecule has 1 aromatic rings. The summed E-state index contributed by atoms with van der Waals surface area (Å²) in [6.45, 7) is 5.51. The molecule has 1 unspecified atom stereocenters. The van der Waals surface area contributed by atoms with Crippen LogP contribution in [0, 0.1) is 0 Å². The molecule has 1 heterocycles. The first kappa shape index (κ1) is 13.7. The maximum absolute atomic E-state index is 12.0. The SMILES string of the molecule is CC1CN(CCC(=O)c2cccc(Br)c2)CCO1. The third-order valence-corrected chi connectivity index (χ3v) is 3.62. The zero-order valence-corrected chi connectivity index (χ0v) is 12.1. The Balaban J connectivity index is 1.84. The van der Waals surface area contributed by atoms with Crippen molar-refractivity contribution in [2.45, 2.75) is 19.4 Å². The highest BCUT2D eigenvalue weighted by Crippen LogP contribution is 2.14. The second kappa shape index (κ2) is 6.45. The molecule has 0 saturated carbocycles. The lowest BCUT2D eigenvalue weighted by Crippen LogP contribution is -2.41. The standard InChI is InChI=1S/C14H18BrNO2/c1-11-10-16(7-8-18-11)6-5-14(17)12-3-2-4-13(15)9-12/h2-4,9,11H,5-8,10H2,1H3. The van der Waals surface area contributed by atoms with Gasteiger partial charge in [-0.15, -0.1) is 0 Å². The molecule has 0 N–H and O–H groups in total. The maximum atomic E-state index is 12.0. The summed E-state index contributed by atoms with van der Waals surface area (Å²) in [7, 11) is 0. The summed E-state index contributed by atoms with van der Waals surface area (Å²) in [5, 5.41) is 0. The number of benzene rings is 1. The normalized spacial score (nSPS) is 20.9. The Morgan fingerprint density at radius 3 is 3.11 bits per heavy atom. The van der Waals surface area contributed by atoms with Gasteiger partial charge in [0, 0.05) is 36.1 Å². The van der Waals surface area contributed by atoms with Gasteiger partial charge in [-0.25, -0.2) is 0 Å². The van der Waals surface area contributed by atoms with Crippen LogP contribution >= 0.6 is 15.9 Å². The number of carbonyl (C=O) groups excluding carboxylic acids is 1. The number of hydrogen-bond acceptors (Lipinski definition) is 3. The van der Waals surface area contributed by atoms with Crippen molar-refractivity contribution in [2.75, 3.05) is 26.2 Å². The van der Waals surface area contributed by atoms with Crippen LogP contribution in [0.1, 0.15) is 23.7 Å². The summed E-state index contributed by atoms with van der Waals surface area (Å²) >= 11 is 3.39. The molecule has 1 atom stereocenters. The second-order valence-corrected chi connectivity index (χ2v) is 5.58. The highest BCUT2D eigenvalue weighted by molar-refractivity contribution is 9.10. The molecule has 1 aliphatic rings. The summed E-state index contributed by atoms with van der Waals surface area (Å²) in [4.78, 5) is 14.3. The fourth-order valence-corrected chi connectivity index (χ4v) is 2.56. The molecular formula is C14H18BrNO2. The van der Waals surface area contributed by atoms with Crippen molar-refractivity contribution in [3.05, 3.63) is 34.3 Å². The Morgan fingerprint density at radius 1 is 1.56 bits per heavy atom. The van der Waals surface area contributed by atoms with Gasteiger partial charge >= 0.3 is 0 Å². The smallest absolute Gasteiger partial charge is 0.164 e. The lowest BCUT2D eigenvalue weighted by Gasteiger charge is -2.30. The highest BCUT2D eigenvalue weighted by Gasteiger charge is 2.17. The summed E-state index contributed by atoms with van der Waals surface area (Å²) < 4.78 is 6.43. The quantitative estimate of drug-likeness (QED) is 0.801. The van der Waals surface area contributed by atoms with Crippen LogP contribution in [0.15, 0.2) is 28.7 Å². The van der Waals surface area contributed by atoms with Crippen LogP contribution in [0.2, 0.25) is 0 Å². The van der Waals surface area contributed by atoms with Crippen LogP contribution in [0.3, 0.4) is 0 Å². The Bertz CT molecular complexity index is 422. The molecule has 0 radical (unpaired) electrons. The molecule has 18 heavy (non-hydrogen) atoms. The number of Topliss-reactive ketones (excluding diaryl/α,β-unsaturated/α-hetero) is 1. The van der Waals surface area contributed by atoms with Gasteiger partial charge in [-0.2, -0.15) is 0 Å². The third kappa shape index (κ3) is 3.90. The number of nitrogens with zero attached hydrogens (tertiary/aromatic N) is 1. The van der Waals surface area contributed by atoms with E-state index in [0.717, 1.165) is 36.3 Å². The van der Waals surface area contributed by atoms with E-state index in [2.05, 4.69) is 27.8 Å².